The maximum absolute atomic E-state index is 13.1. The van der Waals surface area contributed by atoms with E-state index in [2.05, 4.69) is 38.2 Å². The first kappa shape index (κ1) is 16.4. The largest absolute Gasteiger partial charge is 0.349 e. The Morgan fingerprint density at radius 3 is 2.32 bits per heavy atom. The molecule has 25 heavy (non-hydrogen) atoms. The molecule has 2 saturated carbocycles. The highest BCUT2D eigenvalue weighted by atomic mass is 16.1. The van der Waals surface area contributed by atoms with Gasteiger partial charge in [0.15, 0.2) is 0 Å². The molecular formula is C23H27NO. The van der Waals surface area contributed by atoms with E-state index in [4.69, 9.17) is 0 Å². The molecule has 1 amide bonds. The Kier molecular flexibility index (Phi) is 3.75. The van der Waals surface area contributed by atoms with Gasteiger partial charge in [-0.2, -0.15) is 0 Å². The summed E-state index contributed by atoms with van der Waals surface area (Å²) in [5.41, 5.74) is 3.39. The Morgan fingerprint density at radius 1 is 1.00 bits per heavy atom. The standard InChI is InChI=1S/C23H27NO/c1-22(2)17-13-14-23(22,3)20(15-17)24-21(25)19-12-8-7-11-18(19)16-9-5-4-6-10-16/h4-12,17,20H,13-15H2,1-3H3,(H,24,25)/t17-,20+,23+/m1/s1. The molecule has 2 aromatic rings. The third kappa shape index (κ3) is 2.42. The van der Waals surface area contributed by atoms with Crippen LogP contribution in [0.2, 0.25) is 0 Å². The molecule has 2 fully saturated rings. The Morgan fingerprint density at radius 2 is 1.68 bits per heavy atom. The summed E-state index contributed by atoms with van der Waals surface area (Å²) in [5.74, 6) is 0.793. The Labute approximate surface area is 150 Å². The van der Waals surface area contributed by atoms with Crippen LogP contribution in [-0.4, -0.2) is 11.9 Å². The van der Waals surface area contributed by atoms with Crippen molar-refractivity contribution in [2.75, 3.05) is 0 Å². The van der Waals surface area contributed by atoms with E-state index >= 15 is 0 Å². The maximum atomic E-state index is 13.1. The zero-order valence-corrected chi connectivity index (χ0v) is 15.4. The van der Waals surface area contributed by atoms with Crippen LogP contribution < -0.4 is 5.32 Å². The lowest BCUT2D eigenvalue weighted by Crippen LogP contribution is -2.47. The summed E-state index contributed by atoms with van der Waals surface area (Å²) in [6.07, 6.45) is 3.63. The molecule has 2 nitrogen and oxygen atoms in total. The molecule has 2 aliphatic carbocycles. The van der Waals surface area contributed by atoms with Gasteiger partial charge in [0.05, 0.1) is 0 Å². The highest BCUT2D eigenvalue weighted by Gasteiger charge is 2.61. The minimum absolute atomic E-state index is 0.0639. The third-order valence-electron chi connectivity index (χ3n) is 7.36. The Balaban J connectivity index is 1.62. The summed E-state index contributed by atoms with van der Waals surface area (Å²) >= 11 is 0. The van der Waals surface area contributed by atoms with Gasteiger partial charge in [-0.25, -0.2) is 0 Å². The average Bonchev–Trinajstić information content (AvgIpc) is 2.96. The summed E-state index contributed by atoms with van der Waals surface area (Å²) < 4.78 is 0. The molecule has 130 valence electrons. The number of nitrogens with one attached hydrogen (secondary N) is 1. The second-order valence-electron chi connectivity index (χ2n) is 8.55. The van der Waals surface area contributed by atoms with Gasteiger partial charge in [0, 0.05) is 11.6 Å². The number of carbonyl (C=O) groups excluding carboxylic acids is 1. The molecule has 2 heteroatoms. The van der Waals surface area contributed by atoms with E-state index in [1.54, 1.807) is 0 Å². The summed E-state index contributed by atoms with van der Waals surface area (Å²) in [4.78, 5) is 13.1. The predicted octanol–water partition coefficient (Wildman–Crippen LogP) is 5.30. The predicted molar refractivity (Wildman–Crippen MR) is 102 cm³/mol. The molecule has 2 bridgehead atoms. The first-order chi connectivity index (χ1) is 11.9. The third-order valence-corrected chi connectivity index (χ3v) is 7.36. The van der Waals surface area contributed by atoms with Gasteiger partial charge in [0.25, 0.3) is 5.91 Å². The van der Waals surface area contributed by atoms with Crippen LogP contribution in [0.15, 0.2) is 54.6 Å². The van der Waals surface area contributed by atoms with Gasteiger partial charge in [0.2, 0.25) is 0 Å². The number of carbonyl (C=O) groups is 1. The van der Waals surface area contributed by atoms with Gasteiger partial charge in [-0.1, -0.05) is 69.3 Å². The van der Waals surface area contributed by atoms with E-state index in [-0.39, 0.29) is 17.4 Å². The van der Waals surface area contributed by atoms with Crippen molar-refractivity contribution in [1.82, 2.24) is 5.32 Å². The van der Waals surface area contributed by atoms with Crippen LogP contribution in [0.5, 0.6) is 0 Å². The molecule has 0 radical (unpaired) electrons. The lowest BCUT2D eigenvalue weighted by atomic mass is 9.69. The van der Waals surface area contributed by atoms with Gasteiger partial charge in [-0.15, -0.1) is 0 Å². The van der Waals surface area contributed by atoms with Crippen molar-refractivity contribution in [2.45, 2.75) is 46.1 Å². The highest BCUT2D eigenvalue weighted by molar-refractivity contribution is 6.01. The number of fused-ring (bicyclic) bond motifs is 2. The maximum Gasteiger partial charge on any atom is 0.252 e. The minimum Gasteiger partial charge on any atom is -0.349 e. The topological polar surface area (TPSA) is 29.1 Å². The molecule has 0 aromatic heterocycles. The number of hydrogen-bond donors (Lipinski definition) is 1. The van der Waals surface area contributed by atoms with E-state index in [0.717, 1.165) is 29.0 Å². The van der Waals surface area contributed by atoms with Gasteiger partial charge in [-0.05, 0) is 53.2 Å². The number of rotatable bonds is 3. The fourth-order valence-electron chi connectivity index (χ4n) is 5.21. The van der Waals surface area contributed by atoms with Crippen molar-refractivity contribution in [3.8, 4) is 11.1 Å². The molecule has 0 aliphatic heterocycles. The van der Waals surface area contributed by atoms with Crippen LogP contribution in [0.3, 0.4) is 0 Å². The number of amides is 1. The molecule has 0 spiro atoms. The summed E-state index contributed by atoms with van der Waals surface area (Å²) in [6.45, 7) is 7.14. The van der Waals surface area contributed by atoms with Crippen molar-refractivity contribution in [2.24, 2.45) is 16.7 Å². The van der Waals surface area contributed by atoms with E-state index < -0.39 is 0 Å². The number of hydrogen-bond acceptors (Lipinski definition) is 1. The van der Waals surface area contributed by atoms with Crippen molar-refractivity contribution >= 4 is 5.91 Å². The molecule has 0 unspecified atom stereocenters. The van der Waals surface area contributed by atoms with Crippen LogP contribution in [-0.2, 0) is 0 Å². The molecule has 0 heterocycles. The van der Waals surface area contributed by atoms with Crippen molar-refractivity contribution in [3.63, 3.8) is 0 Å². The van der Waals surface area contributed by atoms with Gasteiger partial charge < -0.3 is 5.32 Å². The van der Waals surface area contributed by atoms with E-state index in [1.165, 1.54) is 12.8 Å². The van der Waals surface area contributed by atoms with Crippen molar-refractivity contribution < 1.29 is 4.79 Å². The quantitative estimate of drug-likeness (QED) is 0.811. The van der Waals surface area contributed by atoms with E-state index in [0.29, 0.717) is 5.41 Å². The fourth-order valence-corrected chi connectivity index (χ4v) is 5.21. The fraction of sp³-hybridized carbons (Fsp3) is 0.435. The lowest BCUT2D eigenvalue weighted by Gasteiger charge is -2.39. The second kappa shape index (κ2) is 5.72. The monoisotopic (exact) mass is 333 g/mol. The summed E-state index contributed by atoms with van der Waals surface area (Å²) in [6, 6.07) is 18.4. The first-order valence-electron chi connectivity index (χ1n) is 9.39. The minimum atomic E-state index is 0.0639. The van der Waals surface area contributed by atoms with Crippen molar-refractivity contribution in [1.29, 1.82) is 0 Å². The summed E-state index contributed by atoms with van der Waals surface area (Å²) in [5, 5.41) is 3.39. The smallest absolute Gasteiger partial charge is 0.252 e. The van der Waals surface area contributed by atoms with Crippen LogP contribution in [0, 0.1) is 16.7 Å². The van der Waals surface area contributed by atoms with Crippen molar-refractivity contribution in [3.05, 3.63) is 60.2 Å². The van der Waals surface area contributed by atoms with Gasteiger partial charge >= 0.3 is 0 Å². The van der Waals surface area contributed by atoms with Crippen LogP contribution in [0.1, 0.15) is 50.4 Å². The Hall–Kier alpha value is -2.09. The number of benzene rings is 2. The molecule has 0 saturated heterocycles. The highest BCUT2D eigenvalue weighted by Crippen LogP contribution is 2.65. The SMILES string of the molecule is CC1(C)[C@@H]2CC[C@@]1(C)[C@@H](NC(=O)c1ccccc1-c1ccccc1)C2. The molecule has 2 aromatic carbocycles. The summed E-state index contributed by atoms with van der Waals surface area (Å²) in [7, 11) is 0. The molecule has 4 rings (SSSR count). The zero-order valence-electron chi connectivity index (χ0n) is 15.4. The van der Waals surface area contributed by atoms with E-state index in [1.807, 2.05) is 42.5 Å². The normalized spacial score (nSPS) is 29.6. The molecular weight excluding hydrogens is 306 g/mol. The molecule has 2 aliphatic rings. The van der Waals surface area contributed by atoms with E-state index in [9.17, 15) is 4.79 Å². The van der Waals surface area contributed by atoms with Gasteiger partial charge in [0.1, 0.15) is 0 Å². The van der Waals surface area contributed by atoms with Gasteiger partial charge in [-0.3, -0.25) is 4.79 Å². The second-order valence-corrected chi connectivity index (χ2v) is 8.55. The van der Waals surface area contributed by atoms with Crippen LogP contribution >= 0.6 is 0 Å². The Bertz CT molecular complexity index is 795. The molecule has 1 N–H and O–H groups in total. The lowest BCUT2D eigenvalue weighted by molar-refractivity contribution is 0.0826. The first-order valence-corrected chi connectivity index (χ1v) is 9.39. The van der Waals surface area contributed by atoms with Crippen LogP contribution in [0.4, 0.5) is 0 Å². The average molecular weight is 333 g/mol. The zero-order chi connectivity index (χ0) is 17.7. The van der Waals surface area contributed by atoms with Crippen LogP contribution in [0.25, 0.3) is 11.1 Å². The molecule has 3 atom stereocenters.